The van der Waals surface area contributed by atoms with E-state index in [9.17, 15) is 4.79 Å². The average Bonchev–Trinajstić information content (AvgIpc) is 3.12. The number of amides is 1. The molecule has 1 aromatic carbocycles. The van der Waals surface area contributed by atoms with Crippen molar-refractivity contribution in [1.29, 1.82) is 0 Å². The Hall–Kier alpha value is -0.246. The van der Waals surface area contributed by atoms with Gasteiger partial charge in [0.25, 0.3) is 0 Å². The molecule has 0 atom stereocenters. The zero-order valence-corrected chi connectivity index (χ0v) is 13.4. The number of nitrogens with zero attached hydrogens (tertiary/aromatic N) is 1. The molecule has 3 nitrogen and oxygen atoms in total. The molecule has 2 fully saturated rings. The fraction of sp³-hybridized carbons (Fsp3) is 0.500. The van der Waals surface area contributed by atoms with Crippen LogP contribution in [0.4, 0.5) is 0 Å². The molecular weight excluding hydrogens is 303 g/mol. The standard InChI is InChI=1S/C14H16NO2.Y/c1-11-2-4-12(5-3-11)13(16)15-8-6-14(7-9-15)10-17-14;/h2,4-5H,6-10H2,1H3;. The first-order valence-electron chi connectivity index (χ1n) is 6.39. The molecule has 3 rings (SSSR count). The molecule has 0 unspecified atom stereocenters. The van der Waals surface area contributed by atoms with Crippen molar-refractivity contribution in [1.82, 2.24) is 4.90 Å². The molecule has 0 aromatic heterocycles. The van der Waals surface area contributed by atoms with Gasteiger partial charge in [-0.1, -0.05) is 0 Å². The molecule has 2 heterocycles. The van der Waals surface area contributed by atoms with E-state index in [1.165, 1.54) is 7.94 Å². The SMILES string of the molecule is Cc1ccc(C(=O)N2CCC3(CC2)CO3)c[c]1[Y]. The average molecular weight is 319 g/mol. The number of piperidine rings is 1. The topological polar surface area (TPSA) is 32.8 Å². The molecule has 1 spiro atoms. The summed E-state index contributed by atoms with van der Waals surface area (Å²) in [5.74, 6) is 0.182. The van der Waals surface area contributed by atoms with Crippen molar-refractivity contribution in [2.75, 3.05) is 19.7 Å². The summed E-state index contributed by atoms with van der Waals surface area (Å²) in [5, 5.41) is 0. The van der Waals surface area contributed by atoms with E-state index >= 15 is 0 Å². The van der Waals surface area contributed by atoms with Gasteiger partial charge in [-0.3, -0.25) is 0 Å². The van der Waals surface area contributed by atoms with Gasteiger partial charge in [-0.2, -0.15) is 0 Å². The van der Waals surface area contributed by atoms with Gasteiger partial charge in [0.05, 0.1) is 0 Å². The van der Waals surface area contributed by atoms with Crippen LogP contribution in [0.3, 0.4) is 0 Å². The van der Waals surface area contributed by atoms with Gasteiger partial charge in [0.2, 0.25) is 0 Å². The van der Waals surface area contributed by atoms with Crippen molar-refractivity contribution >= 4 is 8.28 Å². The minimum atomic E-state index is 0.145. The Morgan fingerprint density at radius 2 is 2.06 bits per heavy atom. The monoisotopic (exact) mass is 319 g/mol. The van der Waals surface area contributed by atoms with Crippen LogP contribution >= 0.6 is 0 Å². The number of carbonyl (C=O) groups excluding carboxylic acids is 1. The third-order valence-corrected chi connectivity index (χ3v) is 5.57. The summed E-state index contributed by atoms with van der Waals surface area (Å²) in [6, 6.07) is 6.07. The number of likely N-dealkylation sites (tertiary alicyclic amines) is 1. The van der Waals surface area contributed by atoms with Gasteiger partial charge in [0.15, 0.2) is 0 Å². The number of benzene rings is 1. The van der Waals surface area contributed by atoms with E-state index in [0.717, 1.165) is 69.1 Å². The number of ether oxygens (including phenoxy) is 1. The molecule has 92 valence electrons. The fourth-order valence-corrected chi connectivity index (χ4v) is 3.14. The number of hydrogen-bond donors (Lipinski definition) is 0. The van der Waals surface area contributed by atoms with Crippen LogP contribution in [0.2, 0.25) is 0 Å². The Morgan fingerprint density at radius 3 is 2.61 bits per heavy atom. The summed E-state index contributed by atoms with van der Waals surface area (Å²) < 4.78 is 6.78. The van der Waals surface area contributed by atoms with Gasteiger partial charge in [-0.25, -0.2) is 0 Å². The van der Waals surface area contributed by atoms with Crippen LogP contribution in [0.25, 0.3) is 0 Å². The summed E-state index contributed by atoms with van der Waals surface area (Å²) in [4.78, 5) is 14.4. The van der Waals surface area contributed by atoms with E-state index in [1.54, 1.807) is 0 Å². The third-order valence-electron chi connectivity index (χ3n) is 4.04. The molecule has 2 aliphatic heterocycles. The van der Waals surface area contributed by atoms with Crippen LogP contribution in [0.15, 0.2) is 18.2 Å². The van der Waals surface area contributed by atoms with Gasteiger partial charge < -0.3 is 0 Å². The zero-order valence-electron chi connectivity index (χ0n) is 10.6. The Balaban J connectivity index is 1.72. The summed E-state index contributed by atoms with van der Waals surface area (Å²) in [6.45, 7) is 4.66. The molecule has 2 saturated heterocycles. The van der Waals surface area contributed by atoms with Crippen LogP contribution in [-0.2, 0) is 35.7 Å². The van der Waals surface area contributed by atoms with Crippen LogP contribution < -0.4 is 2.37 Å². The predicted octanol–water partition coefficient (Wildman–Crippen LogP) is 1.17. The summed E-state index contributed by atoms with van der Waals surface area (Å²) in [5.41, 5.74) is 2.28. The number of aryl methyl sites for hydroxylation is 1. The van der Waals surface area contributed by atoms with Crippen molar-refractivity contribution < 1.29 is 40.5 Å². The normalized spacial score (nSPS) is 21.0. The second-order valence-corrected chi connectivity index (χ2v) is 6.86. The number of epoxide rings is 1. The summed E-state index contributed by atoms with van der Waals surface area (Å²) >= 11 is 1.06. The van der Waals surface area contributed by atoms with Crippen LogP contribution in [0.1, 0.15) is 28.8 Å². The summed E-state index contributed by atoms with van der Waals surface area (Å²) in [7, 11) is 0. The number of rotatable bonds is 1. The zero-order chi connectivity index (χ0) is 12.8. The Kier molecular flexibility index (Phi) is 3.33. The van der Waals surface area contributed by atoms with Gasteiger partial charge in [0.1, 0.15) is 0 Å². The molecule has 4 heteroatoms. The van der Waals surface area contributed by atoms with Crippen molar-refractivity contribution in [3.63, 3.8) is 0 Å². The molecule has 18 heavy (non-hydrogen) atoms. The Bertz CT molecular complexity index is 487. The number of carbonyl (C=O) groups is 1. The first-order valence-corrected chi connectivity index (χ1v) is 7.81. The van der Waals surface area contributed by atoms with E-state index in [2.05, 4.69) is 19.1 Å². The van der Waals surface area contributed by atoms with Crippen LogP contribution in [0, 0.1) is 6.92 Å². The van der Waals surface area contributed by atoms with E-state index in [0.29, 0.717) is 0 Å². The Labute approximate surface area is 127 Å². The molecule has 1 aromatic rings. The molecule has 0 N–H and O–H groups in total. The Morgan fingerprint density at radius 1 is 1.39 bits per heavy atom. The summed E-state index contributed by atoms with van der Waals surface area (Å²) in [6.07, 6.45) is 2.00. The van der Waals surface area contributed by atoms with E-state index in [1.807, 2.05) is 11.0 Å². The first kappa shape index (κ1) is 12.8. The fourth-order valence-electron chi connectivity index (χ4n) is 2.46. The second kappa shape index (κ2) is 4.70. The maximum atomic E-state index is 12.4. The van der Waals surface area contributed by atoms with Crippen LogP contribution in [-0.4, -0.2) is 36.1 Å². The molecule has 1 amide bonds. The molecule has 0 bridgehead atoms. The van der Waals surface area contributed by atoms with Crippen LogP contribution in [0.5, 0.6) is 0 Å². The molecule has 0 saturated carbocycles. The van der Waals surface area contributed by atoms with Gasteiger partial charge >= 0.3 is 128 Å². The van der Waals surface area contributed by atoms with Gasteiger partial charge in [-0.05, 0) is 0 Å². The predicted molar refractivity (Wildman–Crippen MR) is 64.6 cm³/mol. The van der Waals surface area contributed by atoms with Gasteiger partial charge in [-0.15, -0.1) is 0 Å². The number of hydrogen-bond acceptors (Lipinski definition) is 2. The quantitative estimate of drug-likeness (QED) is 0.728. The van der Waals surface area contributed by atoms with Gasteiger partial charge in [0, 0.05) is 0 Å². The van der Waals surface area contributed by atoms with Crippen molar-refractivity contribution in [3.05, 3.63) is 29.3 Å². The van der Waals surface area contributed by atoms with Crippen molar-refractivity contribution in [2.24, 2.45) is 0 Å². The molecular formula is C14H16NO2Y. The molecule has 0 aliphatic carbocycles. The van der Waals surface area contributed by atoms with E-state index < -0.39 is 0 Å². The van der Waals surface area contributed by atoms with Crippen molar-refractivity contribution in [2.45, 2.75) is 25.4 Å². The maximum absolute atomic E-state index is 12.4. The second-order valence-electron chi connectivity index (χ2n) is 5.34. The van der Waals surface area contributed by atoms with E-state index in [4.69, 9.17) is 4.74 Å². The third kappa shape index (κ3) is 2.41. The van der Waals surface area contributed by atoms with Crippen molar-refractivity contribution in [3.8, 4) is 0 Å². The van der Waals surface area contributed by atoms with E-state index in [-0.39, 0.29) is 11.5 Å². The molecule has 2 aliphatic rings. The first-order chi connectivity index (χ1) is 8.60. The minimum absolute atomic E-state index is 0.145. The molecule has 0 radical (unpaired) electrons.